The van der Waals surface area contributed by atoms with Gasteiger partial charge in [-0.1, -0.05) is 48.9 Å². The Balaban J connectivity index is 1.55. The van der Waals surface area contributed by atoms with Crippen LogP contribution in [-0.4, -0.2) is 11.0 Å². The van der Waals surface area contributed by atoms with Crippen molar-refractivity contribution in [1.29, 1.82) is 0 Å². The molecule has 3 rings (SSSR count). The second kappa shape index (κ2) is 6.90. The van der Waals surface area contributed by atoms with E-state index in [1.54, 1.807) is 6.26 Å². The highest BCUT2D eigenvalue weighted by molar-refractivity contribution is 5.54. The lowest BCUT2D eigenvalue weighted by Crippen LogP contribution is -2.18. The fourth-order valence-electron chi connectivity index (χ4n) is 2.82. The molecule has 0 amide bonds. The van der Waals surface area contributed by atoms with E-state index < -0.39 is 0 Å². The van der Waals surface area contributed by atoms with E-state index in [1.807, 2.05) is 0 Å². The van der Waals surface area contributed by atoms with Crippen molar-refractivity contribution in [2.75, 3.05) is 0 Å². The van der Waals surface area contributed by atoms with Crippen LogP contribution in [0.3, 0.4) is 0 Å². The third-order valence-corrected chi connectivity index (χ3v) is 4.15. The number of rotatable bonds is 7. The summed E-state index contributed by atoms with van der Waals surface area (Å²) in [6.45, 7) is 3.33. The second-order valence-corrected chi connectivity index (χ2v) is 5.75. The normalized spacial score (nSPS) is 21.1. The van der Waals surface area contributed by atoms with E-state index in [2.05, 4.69) is 53.6 Å². The molecule has 1 saturated carbocycles. The van der Waals surface area contributed by atoms with E-state index in [0.29, 0.717) is 24.4 Å². The molecule has 1 aliphatic rings. The average molecular weight is 297 g/mol. The maximum atomic E-state index is 5.50. The molecule has 0 spiro atoms. The van der Waals surface area contributed by atoms with Crippen molar-refractivity contribution in [3.63, 3.8) is 0 Å². The molecule has 1 aromatic heterocycles. The molecule has 1 aromatic carbocycles. The Morgan fingerprint density at radius 2 is 2.23 bits per heavy atom. The van der Waals surface area contributed by atoms with Gasteiger partial charge in [0.2, 0.25) is 5.89 Å². The first-order valence-corrected chi connectivity index (χ1v) is 7.92. The lowest BCUT2D eigenvalue weighted by atomic mass is 10.0. The summed E-state index contributed by atoms with van der Waals surface area (Å²) in [5.74, 6) is 1.24. The van der Waals surface area contributed by atoms with Crippen molar-refractivity contribution in [2.45, 2.75) is 38.9 Å². The van der Waals surface area contributed by atoms with Gasteiger partial charge in [0.05, 0.1) is 12.2 Å². The molecule has 2 aromatic rings. The van der Waals surface area contributed by atoms with Gasteiger partial charge in [-0.25, -0.2) is 4.98 Å². The standard InChI is InChI=1S/C18H23N3O/c1-2-14(8-13-6-4-3-5-7-13)16-9-17(16)20-11-15-12-22-18(10-19)21-15/h3-8,12,16-17,20H,2,9-11,19H2,1H3/b14-8+/t16-,17+/m0/s1. The lowest BCUT2D eigenvalue weighted by molar-refractivity contribution is 0.497. The number of hydrogen-bond acceptors (Lipinski definition) is 4. The predicted molar refractivity (Wildman–Crippen MR) is 87.8 cm³/mol. The number of hydrogen-bond donors (Lipinski definition) is 2. The van der Waals surface area contributed by atoms with Gasteiger partial charge in [-0.2, -0.15) is 0 Å². The highest BCUT2D eigenvalue weighted by Gasteiger charge is 2.38. The SMILES string of the molecule is CC/C(=C\c1ccccc1)[C@@H]1C[C@H]1NCc1coc(CN)n1. The van der Waals surface area contributed by atoms with Crippen LogP contribution in [-0.2, 0) is 13.1 Å². The van der Waals surface area contributed by atoms with Crippen LogP contribution >= 0.6 is 0 Å². The Hall–Kier alpha value is -1.91. The zero-order valence-corrected chi connectivity index (χ0v) is 13.0. The molecule has 2 atom stereocenters. The molecular weight excluding hydrogens is 274 g/mol. The lowest BCUT2D eigenvalue weighted by Gasteiger charge is -2.05. The quantitative estimate of drug-likeness (QED) is 0.824. The van der Waals surface area contributed by atoms with E-state index in [4.69, 9.17) is 10.2 Å². The van der Waals surface area contributed by atoms with Crippen molar-refractivity contribution < 1.29 is 4.42 Å². The molecule has 0 aliphatic heterocycles. The largest absolute Gasteiger partial charge is 0.447 e. The Kier molecular flexibility index (Phi) is 4.71. The van der Waals surface area contributed by atoms with Crippen LogP contribution in [0.4, 0.5) is 0 Å². The summed E-state index contributed by atoms with van der Waals surface area (Å²) in [5, 5.41) is 3.56. The predicted octanol–water partition coefficient (Wildman–Crippen LogP) is 3.11. The molecular formula is C18H23N3O. The first-order valence-electron chi connectivity index (χ1n) is 7.92. The number of nitrogens with two attached hydrogens (primary N) is 1. The van der Waals surface area contributed by atoms with Crippen LogP contribution in [0.25, 0.3) is 6.08 Å². The molecule has 0 bridgehead atoms. The maximum absolute atomic E-state index is 5.50. The average Bonchev–Trinajstić information content (AvgIpc) is 3.18. The third kappa shape index (κ3) is 3.64. The fourth-order valence-corrected chi connectivity index (χ4v) is 2.82. The second-order valence-electron chi connectivity index (χ2n) is 5.75. The zero-order chi connectivity index (χ0) is 15.4. The van der Waals surface area contributed by atoms with Gasteiger partial charge in [0.1, 0.15) is 6.26 Å². The molecule has 116 valence electrons. The molecule has 3 N–H and O–H groups in total. The minimum atomic E-state index is 0.353. The van der Waals surface area contributed by atoms with E-state index in [-0.39, 0.29) is 0 Å². The summed E-state index contributed by atoms with van der Waals surface area (Å²) in [6.07, 6.45) is 6.31. The van der Waals surface area contributed by atoms with Gasteiger partial charge in [-0.05, 0) is 24.3 Å². The van der Waals surface area contributed by atoms with Gasteiger partial charge >= 0.3 is 0 Å². The Bertz CT molecular complexity index is 633. The summed E-state index contributed by atoms with van der Waals surface area (Å²) in [5.41, 5.74) is 9.23. The number of nitrogens with one attached hydrogen (secondary N) is 1. The van der Waals surface area contributed by atoms with Gasteiger partial charge in [0.25, 0.3) is 0 Å². The molecule has 4 heteroatoms. The number of benzene rings is 1. The highest BCUT2D eigenvalue weighted by Crippen LogP contribution is 2.39. The smallest absolute Gasteiger partial charge is 0.208 e. The first-order chi connectivity index (χ1) is 10.8. The van der Waals surface area contributed by atoms with Crippen molar-refractivity contribution in [3.8, 4) is 0 Å². The summed E-state index contributed by atoms with van der Waals surface area (Å²) in [7, 11) is 0. The van der Waals surface area contributed by atoms with Gasteiger partial charge in [0, 0.05) is 12.6 Å². The van der Waals surface area contributed by atoms with Crippen molar-refractivity contribution >= 4 is 6.08 Å². The van der Waals surface area contributed by atoms with E-state index in [1.165, 1.54) is 17.6 Å². The van der Waals surface area contributed by atoms with Gasteiger partial charge in [0.15, 0.2) is 0 Å². The van der Waals surface area contributed by atoms with Crippen molar-refractivity contribution in [1.82, 2.24) is 10.3 Å². The van der Waals surface area contributed by atoms with Gasteiger partial charge in [-0.3, -0.25) is 0 Å². The summed E-state index contributed by atoms with van der Waals surface area (Å²) in [6, 6.07) is 11.1. The highest BCUT2D eigenvalue weighted by atomic mass is 16.3. The summed E-state index contributed by atoms with van der Waals surface area (Å²) < 4.78 is 5.25. The summed E-state index contributed by atoms with van der Waals surface area (Å²) >= 11 is 0. The number of aromatic nitrogens is 1. The molecule has 1 aliphatic carbocycles. The van der Waals surface area contributed by atoms with Crippen molar-refractivity contribution in [3.05, 3.63) is 59.3 Å². The topological polar surface area (TPSA) is 64.1 Å². The van der Waals surface area contributed by atoms with Crippen LogP contribution < -0.4 is 11.1 Å². The van der Waals surface area contributed by atoms with Gasteiger partial charge < -0.3 is 15.5 Å². The molecule has 22 heavy (non-hydrogen) atoms. The molecule has 1 heterocycles. The Morgan fingerprint density at radius 1 is 1.41 bits per heavy atom. The van der Waals surface area contributed by atoms with Crippen molar-refractivity contribution in [2.24, 2.45) is 11.7 Å². The van der Waals surface area contributed by atoms with E-state index >= 15 is 0 Å². The molecule has 0 saturated heterocycles. The van der Waals surface area contributed by atoms with Crippen LogP contribution in [0.2, 0.25) is 0 Å². The third-order valence-electron chi connectivity index (χ3n) is 4.15. The Morgan fingerprint density at radius 3 is 2.91 bits per heavy atom. The Labute approximate surface area is 131 Å². The molecule has 0 radical (unpaired) electrons. The maximum Gasteiger partial charge on any atom is 0.208 e. The van der Waals surface area contributed by atoms with Crippen LogP contribution in [0.15, 0.2) is 46.6 Å². The van der Waals surface area contributed by atoms with E-state index in [9.17, 15) is 0 Å². The first kappa shape index (κ1) is 15.0. The van der Waals surface area contributed by atoms with Gasteiger partial charge in [-0.15, -0.1) is 0 Å². The van der Waals surface area contributed by atoms with Crippen LogP contribution in [0, 0.1) is 5.92 Å². The minimum Gasteiger partial charge on any atom is -0.447 e. The number of nitrogens with zero attached hydrogens (tertiary/aromatic N) is 1. The molecule has 4 nitrogen and oxygen atoms in total. The zero-order valence-electron chi connectivity index (χ0n) is 13.0. The fraction of sp³-hybridized carbons (Fsp3) is 0.389. The monoisotopic (exact) mass is 297 g/mol. The van der Waals surface area contributed by atoms with Crippen LogP contribution in [0.5, 0.6) is 0 Å². The minimum absolute atomic E-state index is 0.353. The molecule has 1 fully saturated rings. The number of oxazole rings is 1. The molecule has 0 unspecified atom stereocenters. The summed E-state index contributed by atoms with van der Waals surface area (Å²) in [4.78, 5) is 4.32. The van der Waals surface area contributed by atoms with E-state index in [0.717, 1.165) is 18.7 Å². The van der Waals surface area contributed by atoms with Crippen LogP contribution in [0.1, 0.15) is 36.9 Å².